The third kappa shape index (κ3) is 3.52. The lowest BCUT2D eigenvalue weighted by molar-refractivity contribution is 0.669. The van der Waals surface area contributed by atoms with Crippen molar-refractivity contribution in [2.45, 2.75) is 6.42 Å². The highest BCUT2D eigenvalue weighted by molar-refractivity contribution is 6.09. The molecule has 2 aromatic heterocycles. The summed E-state index contributed by atoms with van der Waals surface area (Å²) in [6.45, 7) is 0. The summed E-state index contributed by atoms with van der Waals surface area (Å²) < 4.78 is 6.40. The fraction of sp³-hybridized carbons (Fsp3) is 0.0263. The van der Waals surface area contributed by atoms with Crippen molar-refractivity contribution in [2.75, 3.05) is 0 Å². The van der Waals surface area contributed by atoms with Crippen LogP contribution in [-0.4, -0.2) is 15.0 Å². The molecule has 8 aromatic rings. The van der Waals surface area contributed by atoms with Crippen molar-refractivity contribution in [1.82, 2.24) is 15.0 Å². The molecule has 0 N–H and O–H groups in total. The maximum absolute atomic E-state index is 6.40. The fourth-order valence-electron chi connectivity index (χ4n) is 6.36. The van der Waals surface area contributed by atoms with E-state index in [-0.39, 0.29) is 0 Å². The zero-order chi connectivity index (χ0) is 27.6. The van der Waals surface area contributed by atoms with Crippen LogP contribution in [0, 0.1) is 0 Å². The Morgan fingerprint density at radius 2 is 1.14 bits per heavy atom. The smallest absolute Gasteiger partial charge is 0.167 e. The number of fused-ring (bicyclic) bond motifs is 7. The van der Waals surface area contributed by atoms with Crippen molar-refractivity contribution in [3.63, 3.8) is 0 Å². The van der Waals surface area contributed by atoms with Gasteiger partial charge < -0.3 is 4.42 Å². The Labute approximate surface area is 242 Å². The third-order valence-electron chi connectivity index (χ3n) is 8.38. The van der Waals surface area contributed by atoms with Crippen LogP contribution in [0.15, 0.2) is 132 Å². The fourth-order valence-corrected chi connectivity index (χ4v) is 6.36. The van der Waals surface area contributed by atoms with Gasteiger partial charge in [-0.15, -0.1) is 0 Å². The van der Waals surface area contributed by atoms with Crippen LogP contribution >= 0.6 is 0 Å². The predicted octanol–water partition coefficient (Wildman–Crippen LogP) is 9.50. The summed E-state index contributed by atoms with van der Waals surface area (Å²) in [5.41, 5.74) is 9.58. The minimum atomic E-state index is 0.598. The summed E-state index contributed by atoms with van der Waals surface area (Å²) in [4.78, 5) is 15.3. The number of hydrogen-bond acceptors (Lipinski definition) is 4. The van der Waals surface area contributed by atoms with Gasteiger partial charge in [-0.1, -0.05) is 109 Å². The normalized spacial score (nSPS) is 12.2. The van der Waals surface area contributed by atoms with Crippen LogP contribution < -0.4 is 0 Å². The third-order valence-corrected chi connectivity index (χ3v) is 8.38. The topological polar surface area (TPSA) is 51.8 Å². The van der Waals surface area contributed by atoms with Gasteiger partial charge in [0.15, 0.2) is 17.5 Å². The molecule has 0 amide bonds. The minimum Gasteiger partial charge on any atom is -0.455 e. The second-order valence-corrected chi connectivity index (χ2v) is 10.8. The Morgan fingerprint density at radius 1 is 0.476 bits per heavy atom. The number of nitrogens with zero attached hydrogens (tertiary/aromatic N) is 3. The molecule has 0 unspecified atom stereocenters. The molecule has 196 valence electrons. The van der Waals surface area contributed by atoms with Gasteiger partial charge in [-0.3, -0.25) is 0 Å². The molecular formula is C38H23N3O. The van der Waals surface area contributed by atoms with Crippen LogP contribution in [0.25, 0.3) is 78.0 Å². The zero-order valence-corrected chi connectivity index (χ0v) is 22.6. The van der Waals surface area contributed by atoms with Crippen molar-refractivity contribution in [2.24, 2.45) is 0 Å². The standard InChI is InChI=1S/C38H23N3O/c1-2-10-24-21-26(20-19-23(24)9-1)36-39-37(31-16-7-14-28-27-12-4-3-11-25(27)22-33(28)31)41-38(40-36)32-17-8-15-30-29-13-5-6-18-34(29)42-35(30)32/h1-21H,22H2. The Morgan fingerprint density at radius 3 is 2.10 bits per heavy atom. The first-order valence-corrected chi connectivity index (χ1v) is 14.2. The molecule has 42 heavy (non-hydrogen) atoms. The molecule has 0 saturated heterocycles. The number of hydrogen-bond donors (Lipinski definition) is 0. The lowest BCUT2D eigenvalue weighted by Crippen LogP contribution is -2.02. The highest BCUT2D eigenvalue weighted by atomic mass is 16.3. The van der Waals surface area contributed by atoms with Crippen LogP contribution in [0.1, 0.15) is 11.1 Å². The van der Waals surface area contributed by atoms with Gasteiger partial charge in [0, 0.05) is 21.9 Å². The van der Waals surface area contributed by atoms with E-state index in [0.717, 1.165) is 50.4 Å². The second kappa shape index (κ2) is 8.95. The Bertz CT molecular complexity index is 2350. The van der Waals surface area contributed by atoms with Gasteiger partial charge in [-0.25, -0.2) is 15.0 Å². The van der Waals surface area contributed by atoms with E-state index in [0.29, 0.717) is 17.5 Å². The monoisotopic (exact) mass is 537 g/mol. The number of para-hydroxylation sites is 2. The highest BCUT2D eigenvalue weighted by Gasteiger charge is 2.24. The van der Waals surface area contributed by atoms with E-state index in [2.05, 4.69) is 103 Å². The lowest BCUT2D eigenvalue weighted by atomic mass is 10.0. The van der Waals surface area contributed by atoms with E-state index in [9.17, 15) is 0 Å². The first-order valence-electron chi connectivity index (χ1n) is 14.2. The van der Waals surface area contributed by atoms with Gasteiger partial charge in [0.25, 0.3) is 0 Å². The van der Waals surface area contributed by atoms with E-state index < -0.39 is 0 Å². The molecule has 0 saturated carbocycles. The zero-order valence-electron chi connectivity index (χ0n) is 22.6. The summed E-state index contributed by atoms with van der Waals surface area (Å²) >= 11 is 0. The molecule has 6 aromatic carbocycles. The van der Waals surface area contributed by atoms with Gasteiger partial charge in [-0.05, 0) is 57.6 Å². The molecule has 0 fully saturated rings. The van der Waals surface area contributed by atoms with Crippen molar-refractivity contribution < 1.29 is 4.42 Å². The summed E-state index contributed by atoms with van der Waals surface area (Å²) in [6, 6.07) is 44.1. The van der Waals surface area contributed by atoms with Crippen molar-refractivity contribution in [3.8, 4) is 45.3 Å². The van der Waals surface area contributed by atoms with Crippen LogP contribution in [0.5, 0.6) is 0 Å². The summed E-state index contributed by atoms with van der Waals surface area (Å²) in [5, 5.41) is 4.46. The maximum atomic E-state index is 6.40. The van der Waals surface area contributed by atoms with Crippen LogP contribution in [0.3, 0.4) is 0 Å². The SMILES string of the molecule is c1ccc2c(c1)Cc1c(-c3nc(-c4ccc5ccccc5c4)nc(-c4cccc5c4oc4ccccc45)n3)cccc1-2. The molecule has 4 heteroatoms. The molecule has 0 aliphatic heterocycles. The summed E-state index contributed by atoms with van der Waals surface area (Å²) in [7, 11) is 0. The second-order valence-electron chi connectivity index (χ2n) is 10.8. The highest BCUT2D eigenvalue weighted by Crippen LogP contribution is 2.42. The number of rotatable bonds is 3. The average Bonchev–Trinajstić information content (AvgIpc) is 3.63. The Hall–Kier alpha value is -5.61. The first kappa shape index (κ1) is 23.1. The first-order chi connectivity index (χ1) is 20.8. The molecule has 0 atom stereocenters. The lowest BCUT2D eigenvalue weighted by Gasteiger charge is -2.12. The van der Waals surface area contributed by atoms with E-state index in [1.54, 1.807) is 0 Å². The quantitative estimate of drug-likeness (QED) is 0.225. The van der Waals surface area contributed by atoms with Gasteiger partial charge in [0.2, 0.25) is 0 Å². The Balaban J connectivity index is 1.30. The molecule has 9 rings (SSSR count). The van der Waals surface area contributed by atoms with E-state index in [1.165, 1.54) is 27.6 Å². The maximum Gasteiger partial charge on any atom is 0.167 e. The minimum absolute atomic E-state index is 0.598. The van der Waals surface area contributed by atoms with Crippen molar-refractivity contribution >= 4 is 32.7 Å². The number of benzene rings is 6. The van der Waals surface area contributed by atoms with E-state index in [1.807, 2.05) is 24.3 Å². The molecule has 2 heterocycles. The van der Waals surface area contributed by atoms with Crippen LogP contribution in [0.4, 0.5) is 0 Å². The molecule has 4 nitrogen and oxygen atoms in total. The van der Waals surface area contributed by atoms with E-state index in [4.69, 9.17) is 19.4 Å². The van der Waals surface area contributed by atoms with Gasteiger partial charge in [0.05, 0.1) is 5.56 Å². The van der Waals surface area contributed by atoms with Crippen molar-refractivity contribution in [3.05, 3.63) is 139 Å². The van der Waals surface area contributed by atoms with Gasteiger partial charge >= 0.3 is 0 Å². The molecule has 0 radical (unpaired) electrons. The molecule has 1 aliphatic rings. The number of furan rings is 1. The van der Waals surface area contributed by atoms with E-state index >= 15 is 0 Å². The van der Waals surface area contributed by atoms with Crippen LogP contribution in [-0.2, 0) is 6.42 Å². The summed E-state index contributed by atoms with van der Waals surface area (Å²) in [5.74, 6) is 1.91. The molecule has 0 spiro atoms. The summed E-state index contributed by atoms with van der Waals surface area (Å²) in [6.07, 6.45) is 0.854. The number of aromatic nitrogens is 3. The molecule has 0 bridgehead atoms. The van der Waals surface area contributed by atoms with Crippen LogP contribution in [0.2, 0.25) is 0 Å². The van der Waals surface area contributed by atoms with Gasteiger partial charge in [0.1, 0.15) is 11.2 Å². The molecule has 1 aliphatic carbocycles. The average molecular weight is 538 g/mol. The predicted molar refractivity (Wildman–Crippen MR) is 169 cm³/mol. The Kier molecular flexibility index (Phi) is 4.93. The largest absolute Gasteiger partial charge is 0.455 e. The molecular weight excluding hydrogens is 514 g/mol. The van der Waals surface area contributed by atoms with Gasteiger partial charge in [-0.2, -0.15) is 0 Å². The van der Waals surface area contributed by atoms with Crippen molar-refractivity contribution in [1.29, 1.82) is 0 Å².